The highest BCUT2D eigenvalue weighted by Gasteiger charge is 2.45. The van der Waals surface area contributed by atoms with Crippen LogP contribution in [0.25, 0.3) is 22.3 Å². The molecule has 2 aliphatic rings. The molecule has 90 heavy (non-hydrogen) atoms. The smallest absolute Gasteiger partial charge is 0.425 e. The van der Waals surface area contributed by atoms with Crippen LogP contribution in [0.5, 0.6) is 11.5 Å². The van der Waals surface area contributed by atoms with E-state index >= 15 is 0 Å². The summed E-state index contributed by atoms with van der Waals surface area (Å²) in [6, 6.07) is 15.3. The van der Waals surface area contributed by atoms with E-state index in [9.17, 15) is 28.8 Å². The summed E-state index contributed by atoms with van der Waals surface area (Å²) < 4.78 is 89.8. The minimum absolute atomic E-state index is 0.0440. The van der Waals surface area contributed by atoms with Crippen molar-refractivity contribution in [3.8, 4) is 33.8 Å². The largest absolute Gasteiger partial charge is 0.494 e. The van der Waals surface area contributed by atoms with Gasteiger partial charge < -0.3 is 19.7 Å². The Morgan fingerprint density at radius 3 is 1.21 bits per heavy atom. The lowest BCUT2D eigenvalue weighted by Gasteiger charge is -2.21. The molecular formula is C63H84BrN4O19S3+. The van der Waals surface area contributed by atoms with Gasteiger partial charge >= 0.3 is 43.8 Å². The number of nitrogens with zero attached hydrogens (tertiary/aromatic N) is 4. The molecule has 27 heteroatoms. The molecule has 6 rings (SSSR count). The molecule has 0 saturated carbocycles. The van der Waals surface area contributed by atoms with Crippen molar-refractivity contribution in [1.82, 2.24) is 9.97 Å². The molecule has 2 aromatic carbocycles. The van der Waals surface area contributed by atoms with Gasteiger partial charge in [-0.25, -0.2) is 9.97 Å². The van der Waals surface area contributed by atoms with E-state index in [1.807, 2.05) is 46.8 Å². The summed E-state index contributed by atoms with van der Waals surface area (Å²) in [6.07, 6.45) is 11.3. The summed E-state index contributed by atoms with van der Waals surface area (Å²) in [4.78, 5) is 85.4. The lowest BCUT2D eigenvalue weighted by Crippen LogP contribution is -2.26. The van der Waals surface area contributed by atoms with Gasteiger partial charge in [0.2, 0.25) is 0 Å². The van der Waals surface area contributed by atoms with Crippen LogP contribution in [0.4, 0.5) is 11.4 Å². The van der Waals surface area contributed by atoms with Crippen LogP contribution in [-0.4, -0.2) is 135 Å². The van der Waals surface area contributed by atoms with E-state index < -0.39 is 43.8 Å². The van der Waals surface area contributed by atoms with Gasteiger partial charge in [0.1, 0.15) is 40.8 Å². The molecule has 2 aromatic heterocycles. The number of aromatic nitrogens is 2. The molecule has 0 amide bonds. The number of hydrogen-bond acceptors (Lipinski definition) is 20. The number of alkyl halides is 1. The molecule has 4 heterocycles. The van der Waals surface area contributed by atoms with Crippen LogP contribution in [0.3, 0.4) is 0 Å². The van der Waals surface area contributed by atoms with Crippen molar-refractivity contribution < 1.29 is 90.9 Å². The number of Topliss-reactive ketones (excluding diaryl/α,β-unsaturated/α-hetero) is 4. The minimum Gasteiger partial charge on any atom is -0.494 e. The van der Waals surface area contributed by atoms with Crippen LogP contribution in [0.1, 0.15) is 231 Å². The number of rotatable bonds is 28. The van der Waals surface area contributed by atoms with Crippen molar-refractivity contribution in [3.05, 3.63) is 82.4 Å². The van der Waals surface area contributed by atoms with Crippen molar-refractivity contribution in [3.63, 3.8) is 0 Å². The average molecular weight is 1380 g/mol. The molecule has 0 fully saturated rings. The standard InChI is InChI=1S/C32H42N2O5.C25H30N2O3.C6H11BrO2.3O3S/c1-7-9-14-28(36)26-19-23(18-25(33-26)27(35)13-8-2)22-17-24-31(29(20-22)39-6)34(21(3)32(24,4)5)16-12-10-11-15-30(37)38;1-7-9-21(28)19-12-17(13-20(27-19)22(29)10-8-2)16-11-18-24(23(14-16)30-6)26-15(3)25(18,4)5;7-5-3-1-2-4-6(8)9;3*1-4(2)3/h17-20H,7-16H2,1-6H3;11-14H,7-10H2,1-6H3;1-5H2,(H,8,9);;;/p+1. The minimum atomic E-state index is -3.11. The topological polar surface area (TPSA) is 356 Å². The average Bonchev–Trinajstić information content (AvgIpc) is 1.58. The molecule has 0 spiro atoms. The van der Waals surface area contributed by atoms with Crippen molar-refractivity contribution >= 4 is 106 Å². The summed E-state index contributed by atoms with van der Waals surface area (Å²) >= 11 is 3.27. The van der Waals surface area contributed by atoms with Gasteiger partial charge in [-0.3, -0.25) is 33.8 Å². The zero-order valence-electron chi connectivity index (χ0n) is 53.3. The third-order valence-corrected chi connectivity index (χ3v) is 15.2. The van der Waals surface area contributed by atoms with Crippen LogP contribution >= 0.6 is 15.9 Å². The Morgan fingerprint density at radius 2 is 0.844 bits per heavy atom. The molecule has 0 atom stereocenters. The highest BCUT2D eigenvalue weighted by Crippen LogP contribution is 2.49. The third-order valence-electron chi connectivity index (χ3n) is 14.6. The Hall–Kier alpha value is -7.36. The Kier molecular flexibility index (Phi) is 36.2. The summed E-state index contributed by atoms with van der Waals surface area (Å²) in [5, 5.41) is 18.1. The van der Waals surface area contributed by atoms with Gasteiger partial charge in [-0.1, -0.05) is 70.3 Å². The summed E-state index contributed by atoms with van der Waals surface area (Å²) in [5.41, 5.74) is 10.6. The second-order valence-electron chi connectivity index (χ2n) is 21.8. The fraction of sp³-hybridized carbons (Fsp3) is 0.524. The predicted octanol–water partition coefficient (Wildman–Crippen LogP) is 12.3. The number of aliphatic imine (C=N–C) groups is 1. The van der Waals surface area contributed by atoms with E-state index in [4.69, 9.17) is 62.6 Å². The molecule has 494 valence electrons. The number of aliphatic carboxylic acids is 2. The molecule has 2 N–H and O–H groups in total. The fourth-order valence-electron chi connectivity index (χ4n) is 9.46. The first-order valence-electron chi connectivity index (χ1n) is 29.3. The van der Waals surface area contributed by atoms with Gasteiger partial charge in [-0.15, -0.1) is 37.9 Å². The zero-order chi connectivity index (χ0) is 68.6. The first kappa shape index (κ1) is 80.7. The number of fused-ring (bicyclic) bond motifs is 2. The summed E-state index contributed by atoms with van der Waals surface area (Å²) in [6.45, 7) is 21.5. The quantitative estimate of drug-likeness (QED) is 0.0231. The van der Waals surface area contributed by atoms with Crippen LogP contribution in [0.15, 0.2) is 53.5 Å². The first-order valence-corrected chi connectivity index (χ1v) is 33.5. The number of benzene rings is 2. The maximum absolute atomic E-state index is 13.0. The Balaban J connectivity index is 0.000000693. The van der Waals surface area contributed by atoms with Gasteiger partial charge in [-0.05, 0) is 148 Å². The van der Waals surface area contributed by atoms with Crippen LogP contribution in [0.2, 0.25) is 0 Å². The van der Waals surface area contributed by atoms with Crippen LogP contribution < -0.4 is 9.47 Å². The van der Waals surface area contributed by atoms with Crippen molar-refractivity contribution in [2.45, 2.75) is 189 Å². The van der Waals surface area contributed by atoms with Crippen molar-refractivity contribution in [2.75, 3.05) is 26.1 Å². The number of carbonyl (C=O) groups excluding carboxylic acids is 4. The molecule has 2 aliphatic heterocycles. The van der Waals surface area contributed by atoms with Crippen molar-refractivity contribution in [2.24, 2.45) is 4.99 Å². The number of unbranched alkanes of at least 4 members (excludes halogenated alkanes) is 5. The highest BCUT2D eigenvalue weighted by molar-refractivity contribution is 9.09. The normalized spacial score (nSPS) is 12.5. The lowest BCUT2D eigenvalue weighted by molar-refractivity contribution is -0.440. The number of hydrogen-bond donors (Lipinski definition) is 2. The Bertz CT molecular complexity index is 3500. The van der Waals surface area contributed by atoms with Gasteiger partial charge in [-0.2, -0.15) is 4.58 Å². The maximum atomic E-state index is 13.0. The monoisotopic (exact) mass is 1380 g/mol. The second-order valence-corrected chi connectivity index (χ2v) is 23.9. The number of carbonyl (C=O) groups is 6. The summed E-state index contributed by atoms with van der Waals surface area (Å²) in [5.74, 6) is -0.223. The molecule has 0 unspecified atom stereocenters. The Morgan fingerprint density at radius 1 is 0.478 bits per heavy atom. The maximum Gasteiger partial charge on any atom is 0.425 e. The van der Waals surface area contributed by atoms with Crippen LogP contribution in [0, 0.1) is 0 Å². The van der Waals surface area contributed by atoms with E-state index in [1.54, 1.807) is 38.5 Å². The lowest BCUT2D eigenvalue weighted by atomic mass is 9.81. The third kappa shape index (κ3) is 26.2. The fourth-order valence-corrected chi connectivity index (χ4v) is 9.85. The highest BCUT2D eigenvalue weighted by atomic mass is 79.9. The van der Waals surface area contributed by atoms with E-state index in [0.717, 1.165) is 126 Å². The number of methoxy groups -OCH3 is 2. The van der Waals surface area contributed by atoms with Crippen molar-refractivity contribution in [1.29, 1.82) is 0 Å². The van der Waals surface area contributed by atoms with E-state index in [2.05, 4.69) is 77.2 Å². The predicted molar refractivity (Wildman–Crippen MR) is 343 cm³/mol. The van der Waals surface area contributed by atoms with E-state index in [1.165, 1.54) is 5.71 Å². The molecular weight excluding hydrogens is 1290 g/mol. The Labute approximate surface area is 539 Å². The molecule has 0 saturated heterocycles. The second kappa shape index (κ2) is 40.4. The van der Waals surface area contributed by atoms with Gasteiger partial charge in [0.05, 0.1) is 19.6 Å². The number of ketones is 4. The number of carboxylic acids is 2. The first-order chi connectivity index (χ1) is 42.2. The van der Waals surface area contributed by atoms with E-state index in [0.29, 0.717) is 73.5 Å². The molecule has 0 radical (unpaired) electrons. The molecule has 0 bridgehead atoms. The number of halogens is 1. The zero-order valence-corrected chi connectivity index (χ0v) is 57.3. The van der Waals surface area contributed by atoms with Gasteiger partial charge in [0, 0.05) is 73.9 Å². The molecule has 23 nitrogen and oxygen atoms in total. The summed E-state index contributed by atoms with van der Waals surface area (Å²) in [7, 11) is -6.04. The molecule has 4 aromatic rings. The number of carboxylic acid groups (broad SMARTS) is 2. The van der Waals surface area contributed by atoms with Gasteiger partial charge in [0.15, 0.2) is 34.6 Å². The number of pyridine rings is 2. The number of ether oxygens (including phenoxy) is 2. The van der Waals surface area contributed by atoms with Gasteiger partial charge in [0.25, 0.3) is 5.69 Å². The SMILES string of the molecule is CCCC(=O)c1cc(-c2cc(OC)c3c(c2)C(C)(C)C(C)=N3)cc(C(=O)CCC)n1.CCCCC(=O)c1cc(-c2cc(OC)c3c(c2)C(C)(C)C(C)=[N+]3CCCCCC(=O)O)cc(C(=O)CCC)n1.O=C(O)CCCCCBr.O=S(=O)=O.O=S(=O)=O.O=S(=O)=O. The van der Waals surface area contributed by atoms with Crippen LogP contribution in [-0.2, 0) is 52.2 Å². The van der Waals surface area contributed by atoms with E-state index in [-0.39, 0.29) is 40.4 Å². The molecule has 0 aliphatic carbocycles.